The molecule has 0 aliphatic carbocycles. The fourth-order valence-corrected chi connectivity index (χ4v) is 1.32. The van der Waals surface area contributed by atoms with Crippen LogP contribution in [0.2, 0.25) is 0 Å². The zero-order valence-corrected chi connectivity index (χ0v) is 9.34. The predicted molar refractivity (Wildman–Crippen MR) is 65.6 cm³/mol. The van der Waals surface area contributed by atoms with Crippen LogP contribution in [0.5, 0.6) is 0 Å². The lowest BCUT2D eigenvalue weighted by Crippen LogP contribution is -2.13. The number of nitrogens with one attached hydrogen (secondary N) is 1. The van der Waals surface area contributed by atoms with E-state index in [4.69, 9.17) is 5.73 Å². The van der Waals surface area contributed by atoms with Gasteiger partial charge >= 0.3 is 0 Å². The van der Waals surface area contributed by atoms with E-state index in [1.54, 1.807) is 24.4 Å². The number of aryl methyl sites for hydroxylation is 1. The van der Waals surface area contributed by atoms with Gasteiger partial charge in [-0.05, 0) is 25.1 Å². The highest BCUT2D eigenvalue weighted by atomic mass is 16.1. The monoisotopic (exact) mass is 228 g/mol. The molecule has 2 rings (SSSR count). The molecule has 1 amide bonds. The Balaban J connectivity index is 2.17. The third-order valence-electron chi connectivity index (χ3n) is 2.27. The van der Waals surface area contributed by atoms with Crippen molar-refractivity contribution in [3.8, 4) is 0 Å². The van der Waals surface area contributed by atoms with Crippen molar-refractivity contribution < 1.29 is 4.79 Å². The molecular formula is C12H12N4O. The van der Waals surface area contributed by atoms with E-state index in [1.807, 2.05) is 6.92 Å². The van der Waals surface area contributed by atoms with Gasteiger partial charge in [0.05, 0.1) is 23.1 Å². The summed E-state index contributed by atoms with van der Waals surface area (Å²) in [4.78, 5) is 19.8. The quantitative estimate of drug-likeness (QED) is 0.818. The highest BCUT2D eigenvalue weighted by Gasteiger charge is 2.07. The number of hydrogen-bond acceptors (Lipinski definition) is 4. The standard InChI is InChI=1S/C12H12N4O/c1-8-2-3-9(6-15-8)12(17)16-11-4-5-14-7-10(11)13/h2-7H,13H2,1H3,(H,14,16,17). The Labute approximate surface area is 98.7 Å². The van der Waals surface area contributed by atoms with E-state index in [0.717, 1.165) is 5.69 Å². The van der Waals surface area contributed by atoms with E-state index < -0.39 is 0 Å². The fraction of sp³-hybridized carbons (Fsp3) is 0.0833. The highest BCUT2D eigenvalue weighted by Crippen LogP contribution is 2.16. The van der Waals surface area contributed by atoms with Crippen LogP contribution in [-0.2, 0) is 0 Å². The van der Waals surface area contributed by atoms with Gasteiger partial charge in [-0.1, -0.05) is 0 Å². The largest absolute Gasteiger partial charge is 0.396 e. The highest BCUT2D eigenvalue weighted by molar-refractivity contribution is 6.05. The normalized spacial score (nSPS) is 9.94. The first-order chi connectivity index (χ1) is 8.16. The number of amides is 1. The molecule has 5 heteroatoms. The lowest BCUT2D eigenvalue weighted by molar-refractivity contribution is 0.102. The van der Waals surface area contributed by atoms with Crippen molar-refractivity contribution in [1.82, 2.24) is 9.97 Å². The number of nitrogen functional groups attached to an aromatic ring is 1. The van der Waals surface area contributed by atoms with Gasteiger partial charge in [0.25, 0.3) is 5.91 Å². The Bertz CT molecular complexity index is 536. The van der Waals surface area contributed by atoms with Crippen molar-refractivity contribution >= 4 is 17.3 Å². The second kappa shape index (κ2) is 4.61. The first kappa shape index (κ1) is 11.1. The maximum absolute atomic E-state index is 11.9. The van der Waals surface area contributed by atoms with Crippen molar-refractivity contribution in [3.05, 3.63) is 48.0 Å². The third kappa shape index (κ3) is 2.57. The van der Waals surface area contributed by atoms with Gasteiger partial charge in [-0.2, -0.15) is 0 Å². The van der Waals surface area contributed by atoms with E-state index in [9.17, 15) is 4.79 Å². The van der Waals surface area contributed by atoms with Gasteiger partial charge in [0.2, 0.25) is 0 Å². The molecule has 0 fully saturated rings. The summed E-state index contributed by atoms with van der Waals surface area (Å²) >= 11 is 0. The molecule has 0 unspecified atom stereocenters. The Kier molecular flexibility index (Phi) is 3.00. The molecular weight excluding hydrogens is 216 g/mol. The van der Waals surface area contributed by atoms with Crippen LogP contribution in [0.1, 0.15) is 16.1 Å². The number of nitrogens with two attached hydrogens (primary N) is 1. The zero-order chi connectivity index (χ0) is 12.3. The van der Waals surface area contributed by atoms with Gasteiger partial charge in [0, 0.05) is 18.1 Å². The first-order valence-electron chi connectivity index (χ1n) is 5.10. The number of anilines is 2. The van der Waals surface area contributed by atoms with Crippen LogP contribution in [-0.4, -0.2) is 15.9 Å². The Hall–Kier alpha value is -2.43. The predicted octanol–water partition coefficient (Wildman–Crippen LogP) is 1.62. The minimum Gasteiger partial charge on any atom is -0.396 e. The minimum atomic E-state index is -0.240. The van der Waals surface area contributed by atoms with Gasteiger partial charge in [-0.25, -0.2) is 0 Å². The van der Waals surface area contributed by atoms with Crippen LogP contribution in [0.4, 0.5) is 11.4 Å². The number of carbonyl (C=O) groups is 1. The van der Waals surface area contributed by atoms with E-state index in [1.165, 1.54) is 12.4 Å². The van der Waals surface area contributed by atoms with Crippen molar-refractivity contribution in [1.29, 1.82) is 0 Å². The molecule has 0 radical (unpaired) electrons. The average Bonchev–Trinajstić information content (AvgIpc) is 2.33. The van der Waals surface area contributed by atoms with Crippen molar-refractivity contribution in [2.75, 3.05) is 11.1 Å². The molecule has 0 spiro atoms. The molecule has 2 aromatic heterocycles. The summed E-state index contributed by atoms with van der Waals surface area (Å²) in [6.07, 6.45) is 4.59. The number of aromatic nitrogens is 2. The number of hydrogen-bond donors (Lipinski definition) is 2. The number of nitrogens with zero attached hydrogens (tertiary/aromatic N) is 2. The van der Waals surface area contributed by atoms with Crippen LogP contribution >= 0.6 is 0 Å². The molecule has 0 saturated heterocycles. The van der Waals surface area contributed by atoms with Crippen LogP contribution in [0, 0.1) is 6.92 Å². The molecule has 0 atom stereocenters. The van der Waals surface area contributed by atoms with Crippen molar-refractivity contribution in [2.45, 2.75) is 6.92 Å². The van der Waals surface area contributed by atoms with Gasteiger partial charge in [0.1, 0.15) is 0 Å². The molecule has 86 valence electrons. The second-order valence-corrected chi connectivity index (χ2v) is 3.61. The lowest BCUT2D eigenvalue weighted by Gasteiger charge is -2.07. The van der Waals surface area contributed by atoms with Gasteiger partial charge in [0.15, 0.2) is 0 Å². The van der Waals surface area contributed by atoms with Crippen LogP contribution < -0.4 is 11.1 Å². The molecule has 0 saturated carbocycles. The van der Waals surface area contributed by atoms with Crippen molar-refractivity contribution in [3.63, 3.8) is 0 Å². The van der Waals surface area contributed by atoms with Gasteiger partial charge in [-0.3, -0.25) is 14.8 Å². The summed E-state index contributed by atoms with van der Waals surface area (Å²) in [5, 5.41) is 2.70. The SMILES string of the molecule is Cc1ccc(C(=O)Nc2ccncc2N)cn1. The lowest BCUT2D eigenvalue weighted by atomic mass is 10.2. The average molecular weight is 228 g/mol. The van der Waals surface area contributed by atoms with E-state index in [2.05, 4.69) is 15.3 Å². The molecule has 0 aromatic carbocycles. The summed E-state index contributed by atoms with van der Waals surface area (Å²) < 4.78 is 0. The van der Waals surface area contributed by atoms with Crippen LogP contribution in [0.15, 0.2) is 36.8 Å². The summed E-state index contributed by atoms with van der Waals surface area (Å²) in [7, 11) is 0. The maximum atomic E-state index is 11.9. The summed E-state index contributed by atoms with van der Waals surface area (Å²) in [5.74, 6) is -0.240. The molecule has 5 nitrogen and oxygen atoms in total. The van der Waals surface area contributed by atoms with E-state index >= 15 is 0 Å². The molecule has 17 heavy (non-hydrogen) atoms. The molecule has 2 aromatic rings. The smallest absolute Gasteiger partial charge is 0.257 e. The van der Waals surface area contributed by atoms with Crippen LogP contribution in [0.3, 0.4) is 0 Å². The van der Waals surface area contributed by atoms with E-state index in [0.29, 0.717) is 16.9 Å². The minimum absolute atomic E-state index is 0.240. The first-order valence-corrected chi connectivity index (χ1v) is 5.10. The van der Waals surface area contributed by atoms with Crippen LogP contribution in [0.25, 0.3) is 0 Å². The Morgan fingerprint density at radius 3 is 2.76 bits per heavy atom. The second-order valence-electron chi connectivity index (χ2n) is 3.61. The fourth-order valence-electron chi connectivity index (χ4n) is 1.32. The molecule has 3 N–H and O–H groups in total. The van der Waals surface area contributed by atoms with E-state index in [-0.39, 0.29) is 5.91 Å². The Morgan fingerprint density at radius 1 is 1.29 bits per heavy atom. The molecule has 0 bridgehead atoms. The van der Waals surface area contributed by atoms with Crippen molar-refractivity contribution in [2.24, 2.45) is 0 Å². The van der Waals surface area contributed by atoms with Gasteiger partial charge < -0.3 is 11.1 Å². The number of carbonyl (C=O) groups excluding carboxylic acids is 1. The third-order valence-corrected chi connectivity index (χ3v) is 2.27. The molecule has 2 heterocycles. The number of pyridine rings is 2. The maximum Gasteiger partial charge on any atom is 0.257 e. The molecule has 0 aliphatic rings. The zero-order valence-electron chi connectivity index (χ0n) is 9.34. The summed E-state index contributed by atoms with van der Waals surface area (Å²) in [6.45, 7) is 1.86. The van der Waals surface area contributed by atoms with Gasteiger partial charge in [-0.15, -0.1) is 0 Å². The summed E-state index contributed by atoms with van der Waals surface area (Å²) in [5.41, 5.74) is 8.01. The Morgan fingerprint density at radius 2 is 2.12 bits per heavy atom. The summed E-state index contributed by atoms with van der Waals surface area (Å²) in [6, 6.07) is 5.15. The number of rotatable bonds is 2. The topological polar surface area (TPSA) is 80.9 Å². The molecule has 0 aliphatic heterocycles.